The summed E-state index contributed by atoms with van der Waals surface area (Å²) in [5.41, 5.74) is 0. The highest BCUT2D eigenvalue weighted by Gasteiger charge is 2.29. The van der Waals surface area contributed by atoms with Gasteiger partial charge in [-0.3, -0.25) is 0 Å². The molecule has 0 spiro atoms. The zero-order valence-electron chi connectivity index (χ0n) is 12.5. The minimum atomic E-state index is 0.729. The molecule has 1 fully saturated rings. The molecule has 1 saturated carbocycles. The lowest BCUT2D eigenvalue weighted by Gasteiger charge is -2.25. The summed E-state index contributed by atoms with van der Waals surface area (Å²) in [7, 11) is 0. The van der Waals surface area contributed by atoms with Crippen molar-refractivity contribution in [1.82, 2.24) is 4.98 Å². The van der Waals surface area contributed by atoms with Crippen molar-refractivity contribution in [2.45, 2.75) is 52.5 Å². The third-order valence-corrected chi connectivity index (χ3v) is 3.52. The summed E-state index contributed by atoms with van der Waals surface area (Å²) in [6, 6.07) is 7.06. The van der Waals surface area contributed by atoms with Gasteiger partial charge in [0.2, 0.25) is 0 Å². The van der Waals surface area contributed by atoms with E-state index < -0.39 is 0 Å². The van der Waals surface area contributed by atoms with Gasteiger partial charge in [0.1, 0.15) is 11.6 Å². The molecule has 0 unspecified atom stereocenters. The minimum Gasteiger partial charge on any atom is -0.370 e. The van der Waals surface area contributed by atoms with Crippen molar-refractivity contribution in [3.63, 3.8) is 0 Å². The van der Waals surface area contributed by atoms with Crippen LogP contribution in [0.15, 0.2) is 18.2 Å². The molecular formula is C16H27N3. The van der Waals surface area contributed by atoms with E-state index in [0.717, 1.165) is 43.1 Å². The second-order valence-electron chi connectivity index (χ2n) is 5.91. The van der Waals surface area contributed by atoms with Crippen LogP contribution in [0.1, 0.15) is 46.5 Å². The van der Waals surface area contributed by atoms with Gasteiger partial charge in [-0.05, 0) is 43.7 Å². The van der Waals surface area contributed by atoms with Gasteiger partial charge in [0.05, 0.1) is 0 Å². The number of hydrogen-bond acceptors (Lipinski definition) is 3. The zero-order chi connectivity index (χ0) is 13.7. The number of anilines is 2. The van der Waals surface area contributed by atoms with Gasteiger partial charge < -0.3 is 10.2 Å². The average molecular weight is 261 g/mol. The van der Waals surface area contributed by atoms with Crippen LogP contribution in [0.4, 0.5) is 11.6 Å². The molecule has 1 heterocycles. The van der Waals surface area contributed by atoms with Crippen LogP contribution >= 0.6 is 0 Å². The molecule has 1 aliphatic rings. The first-order valence-corrected chi connectivity index (χ1v) is 7.68. The Kier molecular flexibility index (Phi) is 5.06. The van der Waals surface area contributed by atoms with Crippen LogP contribution in [0, 0.1) is 5.92 Å². The Hall–Kier alpha value is -1.25. The van der Waals surface area contributed by atoms with Crippen molar-refractivity contribution in [2.75, 3.05) is 23.3 Å². The molecule has 0 aliphatic heterocycles. The molecule has 0 aromatic carbocycles. The number of hydrogen-bond donors (Lipinski definition) is 1. The van der Waals surface area contributed by atoms with Gasteiger partial charge >= 0.3 is 0 Å². The van der Waals surface area contributed by atoms with Gasteiger partial charge in [0.25, 0.3) is 0 Å². The van der Waals surface area contributed by atoms with E-state index in [1.807, 2.05) is 0 Å². The maximum Gasteiger partial charge on any atom is 0.131 e. The van der Waals surface area contributed by atoms with Crippen LogP contribution in [0.5, 0.6) is 0 Å². The summed E-state index contributed by atoms with van der Waals surface area (Å²) in [5, 5.41) is 3.38. The maximum absolute atomic E-state index is 4.76. The molecule has 19 heavy (non-hydrogen) atoms. The predicted octanol–water partition coefficient (Wildman–Crippen LogP) is 3.92. The van der Waals surface area contributed by atoms with Gasteiger partial charge in [-0.2, -0.15) is 0 Å². The largest absolute Gasteiger partial charge is 0.370 e. The van der Waals surface area contributed by atoms with Gasteiger partial charge in [-0.15, -0.1) is 0 Å². The normalized spacial score (nSPS) is 14.7. The molecule has 0 bridgehead atoms. The topological polar surface area (TPSA) is 28.2 Å². The molecule has 106 valence electrons. The summed E-state index contributed by atoms with van der Waals surface area (Å²) < 4.78 is 0. The van der Waals surface area contributed by atoms with Gasteiger partial charge in [0, 0.05) is 19.1 Å². The lowest BCUT2D eigenvalue weighted by atomic mass is 10.1. The van der Waals surface area contributed by atoms with Crippen LogP contribution in [-0.2, 0) is 0 Å². The van der Waals surface area contributed by atoms with E-state index in [2.05, 4.69) is 49.2 Å². The Bertz CT molecular complexity index is 385. The smallest absolute Gasteiger partial charge is 0.131 e. The number of rotatable bonds is 8. The number of nitrogens with zero attached hydrogens (tertiary/aromatic N) is 2. The summed E-state index contributed by atoms with van der Waals surface area (Å²) in [6.45, 7) is 8.88. The predicted molar refractivity (Wildman–Crippen MR) is 82.8 cm³/mol. The van der Waals surface area contributed by atoms with E-state index in [1.165, 1.54) is 19.3 Å². The molecule has 0 atom stereocenters. The van der Waals surface area contributed by atoms with Crippen LogP contribution in [0.3, 0.4) is 0 Å². The number of nitrogens with one attached hydrogen (secondary N) is 1. The minimum absolute atomic E-state index is 0.729. The molecular weight excluding hydrogens is 234 g/mol. The van der Waals surface area contributed by atoms with Crippen LogP contribution in [0.2, 0.25) is 0 Å². The fraction of sp³-hybridized carbons (Fsp3) is 0.688. The number of pyridine rings is 1. The Morgan fingerprint density at radius 2 is 2.16 bits per heavy atom. The molecule has 0 amide bonds. The van der Waals surface area contributed by atoms with E-state index in [4.69, 9.17) is 4.98 Å². The van der Waals surface area contributed by atoms with E-state index in [0.29, 0.717) is 0 Å². The second kappa shape index (κ2) is 6.78. The van der Waals surface area contributed by atoms with Crippen molar-refractivity contribution < 1.29 is 0 Å². The van der Waals surface area contributed by atoms with Crippen LogP contribution in [0.25, 0.3) is 0 Å². The molecule has 1 aromatic rings. The Morgan fingerprint density at radius 3 is 2.79 bits per heavy atom. The maximum atomic E-state index is 4.76. The summed E-state index contributed by atoms with van der Waals surface area (Å²) in [4.78, 5) is 7.26. The van der Waals surface area contributed by atoms with Crippen LogP contribution < -0.4 is 10.2 Å². The van der Waals surface area contributed by atoms with E-state index in [-0.39, 0.29) is 0 Å². The Morgan fingerprint density at radius 1 is 1.37 bits per heavy atom. The first-order chi connectivity index (χ1) is 9.20. The molecule has 1 aromatic heterocycles. The highest BCUT2D eigenvalue weighted by atomic mass is 15.2. The van der Waals surface area contributed by atoms with Gasteiger partial charge in [-0.1, -0.05) is 26.8 Å². The lowest BCUT2D eigenvalue weighted by Crippen LogP contribution is -2.28. The summed E-state index contributed by atoms with van der Waals surface area (Å²) in [5.74, 6) is 2.90. The lowest BCUT2D eigenvalue weighted by molar-refractivity contribution is 0.568. The first-order valence-electron chi connectivity index (χ1n) is 7.68. The zero-order valence-corrected chi connectivity index (χ0v) is 12.5. The van der Waals surface area contributed by atoms with Crippen molar-refractivity contribution in [2.24, 2.45) is 5.92 Å². The monoisotopic (exact) mass is 261 g/mol. The molecule has 0 saturated heterocycles. The molecule has 1 aliphatic carbocycles. The second-order valence-corrected chi connectivity index (χ2v) is 5.91. The van der Waals surface area contributed by atoms with Crippen molar-refractivity contribution >= 4 is 11.6 Å². The first kappa shape index (κ1) is 14.2. The Balaban J connectivity index is 2.03. The van der Waals surface area contributed by atoms with Crippen molar-refractivity contribution in [1.29, 1.82) is 0 Å². The van der Waals surface area contributed by atoms with E-state index in [1.54, 1.807) is 0 Å². The SMILES string of the molecule is CCCNc1cccc(N(CCC(C)C)C2CC2)n1. The molecule has 0 radical (unpaired) electrons. The average Bonchev–Trinajstić information content (AvgIpc) is 3.21. The molecule has 2 rings (SSSR count). The van der Waals surface area contributed by atoms with Crippen molar-refractivity contribution in [3.8, 4) is 0 Å². The molecule has 3 heteroatoms. The van der Waals surface area contributed by atoms with Crippen LogP contribution in [-0.4, -0.2) is 24.1 Å². The van der Waals surface area contributed by atoms with E-state index >= 15 is 0 Å². The van der Waals surface area contributed by atoms with Crippen molar-refractivity contribution in [3.05, 3.63) is 18.2 Å². The quantitative estimate of drug-likeness (QED) is 0.769. The molecule has 3 nitrogen and oxygen atoms in total. The number of aromatic nitrogens is 1. The molecule has 1 N–H and O–H groups in total. The van der Waals surface area contributed by atoms with Gasteiger partial charge in [0.15, 0.2) is 0 Å². The van der Waals surface area contributed by atoms with E-state index in [9.17, 15) is 0 Å². The fourth-order valence-electron chi connectivity index (χ4n) is 2.20. The summed E-state index contributed by atoms with van der Waals surface area (Å²) in [6.07, 6.45) is 5.02. The summed E-state index contributed by atoms with van der Waals surface area (Å²) >= 11 is 0. The fourth-order valence-corrected chi connectivity index (χ4v) is 2.20. The highest BCUT2D eigenvalue weighted by molar-refractivity contribution is 5.48. The Labute approximate surface area is 117 Å². The van der Waals surface area contributed by atoms with Gasteiger partial charge in [-0.25, -0.2) is 4.98 Å². The standard InChI is InChI=1S/C16H27N3/c1-4-11-17-15-6-5-7-16(18-15)19(14-8-9-14)12-10-13(2)3/h5-7,13-14H,4,8-12H2,1-3H3,(H,17,18). The third kappa shape index (κ3) is 4.41. The highest BCUT2D eigenvalue weighted by Crippen LogP contribution is 2.31. The third-order valence-electron chi connectivity index (χ3n) is 3.52.